The molecular weight excluding hydrogens is 356 g/mol. The van der Waals surface area contributed by atoms with Crippen LogP contribution in [0.1, 0.15) is 18.4 Å². The van der Waals surface area contributed by atoms with Gasteiger partial charge in [0.1, 0.15) is 17.7 Å². The van der Waals surface area contributed by atoms with Gasteiger partial charge in [0.2, 0.25) is 0 Å². The van der Waals surface area contributed by atoms with E-state index in [0.29, 0.717) is 11.6 Å². The van der Waals surface area contributed by atoms with Crippen molar-refractivity contribution in [2.45, 2.75) is 18.9 Å². The van der Waals surface area contributed by atoms with E-state index in [9.17, 15) is 10.1 Å². The van der Waals surface area contributed by atoms with Crippen molar-refractivity contribution < 1.29 is 4.92 Å². The number of nitro groups is 1. The highest BCUT2D eigenvalue weighted by Gasteiger charge is 2.20. The number of hydrogen-bond acceptors (Lipinski definition) is 7. The maximum Gasteiger partial charge on any atom is 0.270 e. The Balaban J connectivity index is 1.39. The lowest BCUT2D eigenvalue weighted by Crippen LogP contribution is -2.39. The van der Waals surface area contributed by atoms with Gasteiger partial charge < -0.3 is 10.2 Å². The van der Waals surface area contributed by atoms with E-state index < -0.39 is 4.92 Å². The van der Waals surface area contributed by atoms with Crippen molar-refractivity contribution in [2.24, 2.45) is 0 Å². The lowest BCUT2D eigenvalue weighted by Gasteiger charge is -2.33. The van der Waals surface area contributed by atoms with Crippen molar-refractivity contribution in [3.63, 3.8) is 0 Å². The molecule has 0 unspecified atom stereocenters. The van der Waals surface area contributed by atoms with Crippen molar-refractivity contribution >= 4 is 28.2 Å². The van der Waals surface area contributed by atoms with Crippen LogP contribution in [0.2, 0.25) is 0 Å². The molecule has 1 aliphatic heterocycles. The lowest BCUT2D eigenvalue weighted by atomic mass is 10.0. The molecule has 1 aromatic carbocycles. The van der Waals surface area contributed by atoms with Crippen LogP contribution in [-0.4, -0.2) is 34.0 Å². The summed E-state index contributed by atoms with van der Waals surface area (Å²) >= 11 is 0. The largest absolute Gasteiger partial charge is 0.367 e. The third-order valence-corrected chi connectivity index (χ3v) is 4.93. The number of nitriles is 1. The van der Waals surface area contributed by atoms with E-state index in [1.54, 1.807) is 18.3 Å². The quantitative estimate of drug-likeness (QED) is 0.550. The van der Waals surface area contributed by atoms with Crippen LogP contribution in [0.5, 0.6) is 0 Å². The van der Waals surface area contributed by atoms with Gasteiger partial charge in [-0.1, -0.05) is 0 Å². The normalized spacial score (nSPS) is 14.6. The Labute approximate surface area is 161 Å². The maximum absolute atomic E-state index is 10.9. The molecule has 1 fully saturated rings. The maximum atomic E-state index is 10.9. The minimum absolute atomic E-state index is 0.0683. The molecule has 140 valence electrons. The summed E-state index contributed by atoms with van der Waals surface area (Å²) in [5, 5.41) is 24.0. The number of piperidine rings is 1. The zero-order valence-electron chi connectivity index (χ0n) is 15.1. The highest BCUT2D eigenvalue weighted by Crippen LogP contribution is 2.23. The Morgan fingerprint density at radius 1 is 1.18 bits per heavy atom. The zero-order valence-corrected chi connectivity index (χ0v) is 15.1. The Kier molecular flexibility index (Phi) is 4.72. The third-order valence-electron chi connectivity index (χ3n) is 4.93. The average Bonchev–Trinajstić information content (AvgIpc) is 2.74. The van der Waals surface area contributed by atoms with Gasteiger partial charge in [-0.2, -0.15) is 5.26 Å². The molecular formula is C20H18N6O2. The fourth-order valence-electron chi connectivity index (χ4n) is 3.41. The average molecular weight is 374 g/mol. The number of non-ortho nitro benzene ring substituents is 1. The van der Waals surface area contributed by atoms with Crippen LogP contribution in [0.25, 0.3) is 10.9 Å². The number of anilines is 2. The highest BCUT2D eigenvalue weighted by atomic mass is 16.6. The zero-order chi connectivity index (χ0) is 19.5. The molecule has 4 rings (SSSR count). The second-order valence-electron chi connectivity index (χ2n) is 6.75. The summed E-state index contributed by atoms with van der Waals surface area (Å²) in [5.41, 5.74) is 1.36. The Morgan fingerprint density at radius 2 is 2.00 bits per heavy atom. The topological polar surface area (TPSA) is 108 Å². The second-order valence-corrected chi connectivity index (χ2v) is 6.75. The fraction of sp³-hybridized carbons (Fsp3) is 0.250. The molecule has 0 bridgehead atoms. The van der Waals surface area contributed by atoms with Crippen molar-refractivity contribution in [1.82, 2.24) is 9.97 Å². The fourth-order valence-corrected chi connectivity index (χ4v) is 3.41. The first kappa shape index (κ1) is 17.7. The number of nitro benzene ring substituents is 1. The first-order valence-corrected chi connectivity index (χ1v) is 9.05. The van der Waals surface area contributed by atoms with E-state index in [0.717, 1.165) is 48.5 Å². The number of nitrogens with zero attached hydrogens (tertiary/aromatic N) is 5. The van der Waals surface area contributed by atoms with E-state index in [1.165, 1.54) is 12.1 Å². The number of fused-ring (bicyclic) bond motifs is 1. The number of nitrogens with one attached hydrogen (secondary N) is 1. The summed E-state index contributed by atoms with van der Waals surface area (Å²) in [6.07, 6.45) is 3.49. The molecule has 0 atom stereocenters. The Bertz CT molecular complexity index is 1050. The van der Waals surface area contributed by atoms with Crippen molar-refractivity contribution in [3.05, 3.63) is 64.3 Å². The van der Waals surface area contributed by atoms with E-state index in [4.69, 9.17) is 5.26 Å². The summed E-state index contributed by atoms with van der Waals surface area (Å²) in [5.74, 6) is 1.67. The molecule has 1 N–H and O–H groups in total. The van der Waals surface area contributed by atoms with Gasteiger partial charge in [0.05, 0.1) is 16.0 Å². The molecule has 1 saturated heterocycles. The van der Waals surface area contributed by atoms with Crippen LogP contribution in [0.3, 0.4) is 0 Å². The van der Waals surface area contributed by atoms with Gasteiger partial charge in [0.15, 0.2) is 0 Å². The molecule has 0 aliphatic carbocycles. The van der Waals surface area contributed by atoms with Crippen LogP contribution in [0.15, 0.2) is 48.7 Å². The minimum Gasteiger partial charge on any atom is -0.367 e. The van der Waals surface area contributed by atoms with E-state index in [2.05, 4.69) is 26.3 Å². The van der Waals surface area contributed by atoms with Crippen molar-refractivity contribution in [2.75, 3.05) is 23.3 Å². The molecule has 3 heterocycles. The Hall–Kier alpha value is -3.73. The standard InChI is InChI=1S/C20H18N6O2/c21-12-14-1-6-20(22-13-14)25-9-7-16(8-10-25)23-19-5-2-15-11-17(26(27)28)3-4-18(15)24-19/h1-6,11,13,16H,7-10H2,(H,23,24). The molecule has 28 heavy (non-hydrogen) atoms. The van der Waals surface area contributed by atoms with E-state index in [1.807, 2.05) is 18.2 Å². The van der Waals surface area contributed by atoms with Crippen LogP contribution in [0, 0.1) is 21.4 Å². The third kappa shape index (κ3) is 3.69. The molecule has 0 amide bonds. The van der Waals surface area contributed by atoms with Crippen molar-refractivity contribution in [3.8, 4) is 6.07 Å². The highest BCUT2D eigenvalue weighted by molar-refractivity contribution is 5.82. The van der Waals surface area contributed by atoms with Crippen molar-refractivity contribution in [1.29, 1.82) is 5.26 Å². The predicted octanol–water partition coefficient (Wildman–Crippen LogP) is 3.49. The SMILES string of the molecule is N#Cc1ccc(N2CCC(Nc3ccc4cc([N+](=O)[O-])ccc4n3)CC2)nc1. The Morgan fingerprint density at radius 3 is 2.68 bits per heavy atom. The smallest absolute Gasteiger partial charge is 0.270 e. The number of benzene rings is 1. The first-order chi connectivity index (χ1) is 13.6. The number of pyridine rings is 2. The molecule has 0 saturated carbocycles. The predicted molar refractivity (Wildman–Crippen MR) is 106 cm³/mol. The van der Waals surface area contributed by atoms with Crippen LogP contribution in [-0.2, 0) is 0 Å². The summed E-state index contributed by atoms with van der Waals surface area (Å²) in [7, 11) is 0. The van der Waals surface area contributed by atoms with Gasteiger partial charge in [-0.05, 0) is 43.2 Å². The van der Waals surface area contributed by atoms with Gasteiger partial charge in [-0.25, -0.2) is 9.97 Å². The monoisotopic (exact) mass is 374 g/mol. The molecule has 3 aromatic rings. The molecule has 2 aromatic heterocycles. The van der Waals surface area contributed by atoms with E-state index in [-0.39, 0.29) is 5.69 Å². The van der Waals surface area contributed by atoms with E-state index >= 15 is 0 Å². The summed E-state index contributed by atoms with van der Waals surface area (Å²) in [6, 6.07) is 14.5. The van der Waals surface area contributed by atoms with Crippen LogP contribution in [0.4, 0.5) is 17.3 Å². The molecule has 0 spiro atoms. The van der Waals surface area contributed by atoms with Gasteiger partial charge >= 0.3 is 0 Å². The minimum atomic E-state index is -0.401. The van der Waals surface area contributed by atoms with Gasteiger partial charge in [0, 0.05) is 42.8 Å². The molecule has 8 heteroatoms. The number of hydrogen-bond donors (Lipinski definition) is 1. The first-order valence-electron chi connectivity index (χ1n) is 9.05. The molecule has 0 radical (unpaired) electrons. The van der Waals surface area contributed by atoms with Crippen LogP contribution < -0.4 is 10.2 Å². The summed E-state index contributed by atoms with van der Waals surface area (Å²) in [4.78, 5) is 21.6. The van der Waals surface area contributed by atoms with Gasteiger partial charge in [-0.3, -0.25) is 10.1 Å². The summed E-state index contributed by atoms with van der Waals surface area (Å²) < 4.78 is 0. The second kappa shape index (κ2) is 7.48. The van der Waals surface area contributed by atoms with Gasteiger partial charge in [0.25, 0.3) is 5.69 Å². The molecule has 1 aliphatic rings. The molecule has 8 nitrogen and oxygen atoms in total. The van der Waals surface area contributed by atoms with Gasteiger partial charge in [-0.15, -0.1) is 0 Å². The number of aromatic nitrogens is 2. The lowest BCUT2D eigenvalue weighted by molar-refractivity contribution is -0.384. The summed E-state index contributed by atoms with van der Waals surface area (Å²) in [6.45, 7) is 1.74. The number of rotatable bonds is 4. The van der Waals surface area contributed by atoms with Crippen LogP contribution >= 0.6 is 0 Å².